The molecule has 0 radical (unpaired) electrons. The van der Waals surface area contributed by atoms with Crippen molar-refractivity contribution in [3.8, 4) is 0 Å². The molecule has 20 heavy (non-hydrogen) atoms. The monoisotopic (exact) mass is 276 g/mol. The van der Waals surface area contributed by atoms with Crippen molar-refractivity contribution in [2.24, 2.45) is 28.6 Å². The summed E-state index contributed by atoms with van der Waals surface area (Å²) >= 11 is 0. The molecule has 0 aromatic carbocycles. The zero-order valence-electron chi connectivity index (χ0n) is 13.0. The van der Waals surface area contributed by atoms with Gasteiger partial charge in [-0.1, -0.05) is 20.4 Å². The maximum atomic E-state index is 11.2. The van der Waals surface area contributed by atoms with Crippen molar-refractivity contribution in [1.82, 2.24) is 0 Å². The van der Waals surface area contributed by atoms with E-state index in [-0.39, 0.29) is 11.4 Å². The van der Waals surface area contributed by atoms with Crippen molar-refractivity contribution in [3.05, 3.63) is 12.7 Å². The highest BCUT2D eigenvalue weighted by atomic mass is 16.5. The van der Waals surface area contributed by atoms with Gasteiger partial charge in [0.05, 0.1) is 6.61 Å². The van der Waals surface area contributed by atoms with Crippen LogP contribution < -0.4 is 0 Å². The summed E-state index contributed by atoms with van der Waals surface area (Å²) in [6, 6.07) is 0. The van der Waals surface area contributed by atoms with Crippen molar-refractivity contribution >= 4 is 5.97 Å². The van der Waals surface area contributed by atoms with Crippen LogP contribution in [-0.4, -0.2) is 12.6 Å². The molecule has 0 aromatic heterocycles. The molecule has 0 unspecified atom stereocenters. The lowest BCUT2D eigenvalue weighted by molar-refractivity contribution is -0.144. The number of hydrogen-bond acceptors (Lipinski definition) is 2. The number of rotatable bonds is 5. The average molecular weight is 276 g/mol. The summed E-state index contributed by atoms with van der Waals surface area (Å²) in [6.45, 7) is 8.81. The number of esters is 1. The Labute approximate surface area is 123 Å². The second-order valence-corrected chi connectivity index (χ2v) is 8.20. The van der Waals surface area contributed by atoms with Gasteiger partial charge >= 0.3 is 5.97 Å². The molecule has 4 fully saturated rings. The minimum Gasteiger partial charge on any atom is -0.463 e. The Kier molecular flexibility index (Phi) is 3.46. The maximum absolute atomic E-state index is 11.2. The topological polar surface area (TPSA) is 26.3 Å². The van der Waals surface area contributed by atoms with E-state index < -0.39 is 0 Å². The molecule has 0 N–H and O–H groups in total. The van der Waals surface area contributed by atoms with Crippen LogP contribution in [0.1, 0.15) is 58.8 Å². The predicted molar refractivity (Wildman–Crippen MR) is 80.2 cm³/mol. The van der Waals surface area contributed by atoms with Crippen molar-refractivity contribution in [3.63, 3.8) is 0 Å². The molecule has 112 valence electrons. The second-order valence-electron chi connectivity index (χ2n) is 8.20. The largest absolute Gasteiger partial charge is 0.463 e. The Balaban J connectivity index is 1.67. The lowest BCUT2D eigenvalue weighted by atomic mass is 9.43. The molecule has 0 aliphatic heterocycles. The predicted octanol–water partition coefficient (Wildman–Crippen LogP) is 4.35. The first-order valence-electron chi connectivity index (χ1n) is 8.23. The van der Waals surface area contributed by atoms with Crippen LogP contribution in [0.5, 0.6) is 0 Å². The molecular formula is C18H28O2. The second kappa shape index (κ2) is 4.89. The van der Waals surface area contributed by atoms with E-state index in [1.54, 1.807) is 0 Å². The number of hydrogen-bond donors (Lipinski definition) is 0. The van der Waals surface area contributed by atoms with Gasteiger partial charge in [-0.05, 0) is 73.5 Å². The van der Waals surface area contributed by atoms with Gasteiger partial charge in [0.1, 0.15) is 0 Å². The minimum atomic E-state index is -0.286. The van der Waals surface area contributed by atoms with E-state index in [0.29, 0.717) is 12.0 Å². The molecule has 0 saturated heterocycles. The van der Waals surface area contributed by atoms with Crippen molar-refractivity contribution < 1.29 is 9.53 Å². The van der Waals surface area contributed by atoms with Crippen LogP contribution in [0.15, 0.2) is 12.7 Å². The number of carbonyl (C=O) groups is 1. The van der Waals surface area contributed by atoms with Gasteiger partial charge < -0.3 is 4.74 Å². The lowest BCUT2D eigenvalue weighted by Gasteiger charge is -2.62. The zero-order chi connectivity index (χ0) is 14.4. The molecule has 4 aliphatic rings. The SMILES string of the molecule is C=CC(=O)OCCC(C)(C)C12CC3CC(CC(C3)C1)C2. The summed E-state index contributed by atoms with van der Waals surface area (Å²) in [5.41, 5.74) is 0.798. The molecular weight excluding hydrogens is 248 g/mol. The third kappa shape index (κ3) is 2.31. The van der Waals surface area contributed by atoms with Crippen LogP contribution >= 0.6 is 0 Å². The van der Waals surface area contributed by atoms with Gasteiger partial charge in [0, 0.05) is 6.08 Å². The molecule has 4 bridgehead atoms. The molecule has 4 rings (SSSR count). The van der Waals surface area contributed by atoms with Crippen LogP contribution in [0.2, 0.25) is 0 Å². The molecule has 0 spiro atoms. The van der Waals surface area contributed by atoms with Crippen LogP contribution in [0, 0.1) is 28.6 Å². The summed E-state index contributed by atoms with van der Waals surface area (Å²) in [7, 11) is 0. The highest BCUT2D eigenvalue weighted by molar-refractivity contribution is 5.81. The summed E-state index contributed by atoms with van der Waals surface area (Å²) < 4.78 is 5.23. The number of ether oxygens (including phenoxy) is 1. The fraction of sp³-hybridized carbons (Fsp3) is 0.833. The molecule has 2 nitrogen and oxygen atoms in total. The van der Waals surface area contributed by atoms with Gasteiger partial charge in [0.25, 0.3) is 0 Å². The van der Waals surface area contributed by atoms with E-state index >= 15 is 0 Å². The molecule has 4 saturated carbocycles. The van der Waals surface area contributed by atoms with Gasteiger partial charge in [0.15, 0.2) is 0 Å². The molecule has 0 amide bonds. The molecule has 2 heteroatoms. The normalized spacial score (nSPS) is 38.8. The summed E-state index contributed by atoms with van der Waals surface area (Å²) in [5.74, 6) is 2.66. The van der Waals surface area contributed by atoms with E-state index in [1.807, 2.05) is 0 Å². The van der Waals surface area contributed by atoms with Crippen molar-refractivity contribution in [2.45, 2.75) is 58.8 Å². The van der Waals surface area contributed by atoms with Crippen molar-refractivity contribution in [1.29, 1.82) is 0 Å². The Morgan fingerprint density at radius 1 is 1.20 bits per heavy atom. The lowest BCUT2D eigenvalue weighted by Crippen LogP contribution is -2.53. The van der Waals surface area contributed by atoms with E-state index in [2.05, 4.69) is 20.4 Å². The molecule has 0 atom stereocenters. The number of carbonyl (C=O) groups excluding carboxylic acids is 1. The van der Waals surface area contributed by atoms with Crippen LogP contribution in [0.4, 0.5) is 0 Å². The minimum absolute atomic E-state index is 0.282. The van der Waals surface area contributed by atoms with Gasteiger partial charge in [-0.25, -0.2) is 4.79 Å². The van der Waals surface area contributed by atoms with Gasteiger partial charge in [-0.3, -0.25) is 0 Å². The summed E-state index contributed by atoms with van der Waals surface area (Å²) in [6.07, 6.45) is 11.0. The fourth-order valence-electron chi connectivity index (χ4n) is 5.67. The van der Waals surface area contributed by atoms with Gasteiger partial charge in [-0.15, -0.1) is 0 Å². The first-order valence-corrected chi connectivity index (χ1v) is 8.23. The molecule has 0 heterocycles. The maximum Gasteiger partial charge on any atom is 0.330 e. The average Bonchev–Trinajstić information content (AvgIpc) is 2.36. The summed E-state index contributed by atoms with van der Waals surface area (Å²) in [4.78, 5) is 11.2. The quantitative estimate of drug-likeness (QED) is 0.551. The van der Waals surface area contributed by atoms with Crippen molar-refractivity contribution in [2.75, 3.05) is 6.61 Å². The Morgan fingerprint density at radius 3 is 2.15 bits per heavy atom. The molecule has 4 aliphatic carbocycles. The smallest absolute Gasteiger partial charge is 0.330 e. The van der Waals surface area contributed by atoms with Crippen LogP contribution in [-0.2, 0) is 9.53 Å². The third-order valence-corrected chi connectivity index (χ3v) is 6.61. The highest BCUT2D eigenvalue weighted by Crippen LogP contribution is 2.66. The van der Waals surface area contributed by atoms with E-state index in [1.165, 1.54) is 44.6 Å². The fourth-order valence-corrected chi connectivity index (χ4v) is 5.67. The van der Waals surface area contributed by atoms with E-state index in [0.717, 1.165) is 24.2 Å². The Morgan fingerprint density at radius 2 is 1.70 bits per heavy atom. The van der Waals surface area contributed by atoms with Crippen LogP contribution in [0.3, 0.4) is 0 Å². The van der Waals surface area contributed by atoms with E-state index in [9.17, 15) is 4.79 Å². The standard InChI is InChI=1S/C18H28O2/c1-4-16(19)20-6-5-17(2,3)18-10-13-7-14(11-18)9-15(8-13)12-18/h4,13-15H,1,5-12H2,2-3H3. The Hall–Kier alpha value is -0.790. The van der Waals surface area contributed by atoms with Crippen LogP contribution in [0.25, 0.3) is 0 Å². The highest BCUT2D eigenvalue weighted by Gasteiger charge is 2.56. The first kappa shape index (κ1) is 14.2. The summed E-state index contributed by atoms with van der Waals surface area (Å²) in [5, 5.41) is 0. The van der Waals surface area contributed by atoms with E-state index in [4.69, 9.17) is 4.74 Å². The third-order valence-electron chi connectivity index (χ3n) is 6.61. The van der Waals surface area contributed by atoms with Gasteiger partial charge in [0.2, 0.25) is 0 Å². The zero-order valence-corrected chi connectivity index (χ0v) is 13.0. The van der Waals surface area contributed by atoms with Gasteiger partial charge in [-0.2, -0.15) is 0 Å². The molecule has 0 aromatic rings. The first-order chi connectivity index (χ1) is 9.44. The Bertz CT molecular complexity index is 372.